The van der Waals surface area contributed by atoms with Gasteiger partial charge in [-0.2, -0.15) is 0 Å². The Kier molecular flexibility index (Phi) is 10.5. The third kappa shape index (κ3) is 6.69. The summed E-state index contributed by atoms with van der Waals surface area (Å²) in [5, 5.41) is 5.69. The highest BCUT2D eigenvalue weighted by atomic mass is 127. The van der Waals surface area contributed by atoms with Crippen LogP contribution in [0.1, 0.15) is 17.8 Å². The van der Waals surface area contributed by atoms with Crippen molar-refractivity contribution in [1.29, 1.82) is 0 Å². The van der Waals surface area contributed by atoms with Crippen LogP contribution in [0.2, 0.25) is 0 Å². The molecule has 164 valence electrons. The molecule has 2 aliphatic rings. The monoisotopic (exact) mass is 537 g/mol. The maximum absolute atomic E-state index is 11.9. The molecule has 2 saturated heterocycles. The molecule has 2 fully saturated rings. The van der Waals surface area contributed by atoms with E-state index in [1.54, 1.807) is 16.2 Å². The molecular weight excluding hydrogens is 505 g/mol. The molecule has 0 spiro atoms. The molecule has 0 radical (unpaired) electrons. The number of halogens is 1. The molecule has 1 aromatic heterocycles. The number of guanidine groups is 1. The van der Waals surface area contributed by atoms with E-state index in [1.165, 1.54) is 4.88 Å². The number of thiophene rings is 1. The van der Waals surface area contributed by atoms with Gasteiger partial charge < -0.3 is 24.6 Å². The van der Waals surface area contributed by atoms with Crippen LogP contribution in [0.15, 0.2) is 22.5 Å². The lowest BCUT2D eigenvalue weighted by molar-refractivity contribution is 0.0175. The first-order valence-corrected chi connectivity index (χ1v) is 10.8. The second kappa shape index (κ2) is 12.6. The van der Waals surface area contributed by atoms with E-state index in [1.807, 2.05) is 14.0 Å². The van der Waals surface area contributed by atoms with Crippen LogP contribution in [-0.4, -0.2) is 99.4 Å². The van der Waals surface area contributed by atoms with Gasteiger partial charge in [0.2, 0.25) is 0 Å². The fourth-order valence-corrected chi connectivity index (χ4v) is 4.48. The number of amides is 1. The van der Waals surface area contributed by atoms with E-state index in [2.05, 4.69) is 37.6 Å². The van der Waals surface area contributed by atoms with E-state index in [0.717, 1.165) is 51.9 Å². The first-order chi connectivity index (χ1) is 13.7. The van der Waals surface area contributed by atoms with Crippen LogP contribution in [0.3, 0.4) is 0 Å². The van der Waals surface area contributed by atoms with E-state index < -0.39 is 0 Å². The van der Waals surface area contributed by atoms with Gasteiger partial charge >= 0.3 is 6.09 Å². The second-order valence-corrected chi connectivity index (χ2v) is 7.76. The Labute approximate surface area is 194 Å². The standard InChI is InChI=1S/C19H31N5O3S.HI/c1-3-27-19(25)24-8-6-23(7-9-24)18(20-2)21-15-16(17-5-4-14-28-17)22-10-12-26-13-11-22;/h4-5,14,16H,3,6-13,15H2,1-2H3,(H,20,21);1H. The van der Waals surface area contributed by atoms with Crippen LogP contribution in [0.25, 0.3) is 0 Å². The Hall–Kier alpha value is -1.11. The Bertz CT molecular complexity index is 632. The van der Waals surface area contributed by atoms with Gasteiger partial charge in [-0.3, -0.25) is 9.89 Å². The number of carbonyl (C=O) groups excluding carboxylic acids is 1. The Morgan fingerprint density at radius 1 is 1.24 bits per heavy atom. The fourth-order valence-electron chi connectivity index (χ4n) is 3.62. The zero-order chi connectivity index (χ0) is 19.8. The van der Waals surface area contributed by atoms with Crippen molar-refractivity contribution in [2.75, 3.05) is 72.7 Å². The lowest BCUT2D eigenvalue weighted by Gasteiger charge is -2.38. The largest absolute Gasteiger partial charge is 0.450 e. The molecule has 2 aliphatic heterocycles. The molecule has 1 atom stereocenters. The first-order valence-electron chi connectivity index (χ1n) is 9.95. The van der Waals surface area contributed by atoms with Crippen molar-refractivity contribution in [2.24, 2.45) is 4.99 Å². The summed E-state index contributed by atoms with van der Waals surface area (Å²) in [5.74, 6) is 0.887. The summed E-state index contributed by atoms with van der Waals surface area (Å²) in [5.41, 5.74) is 0. The van der Waals surface area contributed by atoms with Gasteiger partial charge in [-0.05, 0) is 18.4 Å². The minimum atomic E-state index is -0.227. The van der Waals surface area contributed by atoms with Crippen molar-refractivity contribution >= 4 is 47.4 Å². The predicted octanol–water partition coefficient (Wildman–Crippen LogP) is 2.09. The Morgan fingerprint density at radius 2 is 1.93 bits per heavy atom. The van der Waals surface area contributed by atoms with Gasteiger partial charge in [0.15, 0.2) is 5.96 Å². The van der Waals surface area contributed by atoms with E-state index >= 15 is 0 Å². The molecule has 3 heterocycles. The molecule has 0 bridgehead atoms. The summed E-state index contributed by atoms with van der Waals surface area (Å²) >= 11 is 1.79. The minimum Gasteiger partial charge on any atom is -0.450 e. The third-order valence-corrected chi connectivity index (χ3v) is 6.10. The number of morpholine rings is 1. The first kappa shape index (κ1) is 24.2. The molecule has 0 aliphatic carbocycles. The van der Waals surface area contributed by atoms with Crippen molar-refractivity contribution in [3.63, 3.8) is 0 Å². The van der Waals surface area contributed by atoms with Crippen molar-refractivity contribution < 1.29 is 14.3 Å². The number of hydrogen-bond acceptors (Lipinski definition) is 6. The van der Waals surface area contributed by atoms with Gasteiger partial charge in [-0.25, -0.2) is 4.79 Å². The third-order valence-electron chi connectivity index (χ3n) is 5.13. The molecule has 1 N–H and O–H groups in total. The van der Waals surface area contributed by atoms with Crippen molar-refractivity contribution in [3.8, 4) is 0 Å². The maximum atomic E-state index is 11.9. The number of hydrogen-bond donors (Lipinski definition) is 1. The van der Waals surface area contributed by atoms with Crippen LogP contribution < -0.4 is 5.32 Å². The highest BCUT2D eigenvalue weighted by molar-refractivity contribution is 14.0. The van der Waals surface area contributed by atoms with Crippen LogP contribution in [0.5, 0.6) is 0 Å². The average Bonchev–Trinajstić information content (AvgIpc) is 3.27. The SMILES string of the molecule is CCOC(=O)N1CCN(C(=NC)NCC(c2cccs2)N2CCOCC2)CC1.I. The molecule has 0 aromatic carbocycles. The summed E-state index contributed by atoms with van der Waals surface area (Å²) in [6.07, 6.45) is -0.227. The lowest BCUT2D eigenvalue weighted by atomic mass is 10.2. The second-order valence-electron chi connectivity index (χ2n) is 6.78. The van der Waals surface area contributed by atoms with Gasteiger partial charge in [0.25, 0.3) is 0 Å². The molecule has 1 aromatic rings. The van der Waals surface area contributed by atoms with E-state index in [0.29, 0.717) is 25.7 Å². The Balaban J connectivity index is 0.00000300. The normalized spacial score (nSPS) is 19.4. The van der Waals surface area contributed by atoms with Crippen LogP contribution in [0, 0.1) is 0 Å². The number of ether oxygens (including phenoxy) is 2. The molecule has 10 heteroatoms. The number of carbonyl (C=O) groups is 1. The highest BCUT2D eigenvalue weighted by Gasteiger charge is 2.26. The van der Waals surface area contributed by atoms with Gasteiger partial charge in [0.1, 0.15) is 0 Å². The molecule has 0 saturated carbocycles. The lowest BCUT2D eigenvalue weighted by Crippen LogP contribution is -2.54. The summed E-state index contributed by atoms with van der Waals surface area (Å²) in [6, 6.07) is 4.62. The number of nitrogens with one attached hydrogen (secondary N) is 1. The van der Waals surface area contributed by atoms with Gasteiger partial charge in [-0.15, -0.1) is 35.3 Å². The quantitative estimate of drug-likeness (QED) is 0.353. The molecule has 29 heavy (non-hydrogen) atoms. The number of aliphatic imine (C=N–C) groups is 1. The fraction of sp³-hybridized carbons (Fsp3) is 0.684. The number of nitrogens with zero attached hydrogens (tertiary/aromatic N) is 4. The average molecular weight is 537 g/mol. The molecule has 8 nitrogen and oxygen atoms in total. The maximum Gasteiger partial charge on any atom is 0.409 e. The van der Waals surface area contributed by atoms with E-state index in [4.69, 9.17) is 9.47 Å². The van der Waals surface area contributed by atoms with Crippen molar-refractivity contribution in [2.45, 2.75) is 13.0 Å². The Morgan fingerprint density at radius 3 is 2.52 bits per heavy atom. The van der Waals surface area contributed by atoms with Gasteiger partial charge in [0, 0.05) is 57.7 Å². The predicted molar refractivity (Wildman–Crippen MR) is 126 cm³/mol. The molecule has 3 rings (SSSR count). The van der Waals surface area contributed by atoms with E-state index in [9.17, 15) is 4.79 Å². The highest BCUT2D eigenvalue weighted by Crippen LogP contribution is 2.25. The van der Waals surface area contributed by atoms with Gasteiger partial charge in [-0.1, -0.05) is 6.07 Å². The molecule has 1 amide bonds. The van der Waals surface area contributed by atoms with Crippen LogP contribution in [-0.2, 0) is 9.47 Å². The summed E-state index contributed by atoms with van der Waals surface area (Å²) < 4.78 is 10.6. The number of rotatable bonds is 5. The van der Waals surface area contributed by atoms with Gasteiger partial charge in [0.05, 0.1) is 25.9 Å². The summed E-state index contributed by atoms with van der Waals surface area (Å²) in [4.78, 5) is 24.2. The molecule has 1 unspecified atom stereocenters. The van der Waals surface area contributed by atoms with Crippen molar-refractivity contribution in [3.05, 3.63) is 22.4 Å². The van der Waals surface area contributed by atoms with Crippen LogP contribution in [0.4, 0.5) is 4.79 Å². The van der Waals surface area contributed by atoms with E-state index in [-0.39, 0.29) is 30.1 Å². The molecular formula is C19H32IN5O3S. The topological polar surface area (TPSA) is 69.6 Å². The minimum absolute atomic E-state index is 0. The number of piperazine rings is 1. The summed E-state index contributed by atoms with van der Waals surface area (Å²) in [6.45, 7) is 9.30. The smallest absolute Gasteiger partial charge is 0.409 e. The van der Waals surface area contributed by atoms with Crippen LogP contribution >= 0.6 is 35.3 Å². The summed E-state index contributed by atoms with van der Waals surface area (Å²) in [7, 11) is 1.81. The zero-order valence-corrected chi connectivity index (χ0v) is 20.4. The zero-order valence-electron chi connectivity index (χ0n) is 17.2. The van der Waals surface area contributed by atoms with Crippen molar-refractivity contribution in [1.82, 2.24) is 20.0 Å².